The van der Waals surface area contributed by atoms with Crippen molar-refractivity contribution in [1.82, 2.24) is 4.90 Å². The van der Waals surface area contributed by atoms with Gasteiger partial charge in [0.1, 0.15) is 5.60 Å². The third kappa shape index (κ3) is 5.09. The van der Waals surface area contributed by atoms with Gasteiger partial charge in [0.2, 0.25) is 0 Å². The summed E-state index contributed by atoms with van der Waals surface area (Å²) >= 11 is 0. The molecule has 0 aromatic rings. The van der Waals surface area contributed by atoms with Crippen LogP contribution in [-0.4, -0.2) is 42.3 Å². The molecule has 5 heteroatoms. The monoisotopic (exact) mass is 271 g/mol. The van der Waals surface area contributed by atoms with Crippen LogP contribution in [0.2, 0.25) is 0 Å². The highest BCUT2D eigenvalue weighted by atomic mass is 16.6. The number of carbonyl (C=O) groups excluding carboxylic acids is 2. The number of carbonyl (C=O) groups is 2. The molecule has 0 spiro atoms. The molecule has 0 aromatic carbocycles. The van der Waals surface area contributed by atoms with Gasteiger partial charge < -0.3 is 14.4 Å². The number of hydrogen-bond donors (Lipinski definition) is 0. The normalized spacial score (nSPS) is 23.9. The van der Waals surface area contributed by atoms with Gasteiger partial charge in [-0.25, -0.2) is 4.79 Å². The second-order valence-corrected chi connectivity index (χ2v) is 6.18. The minimum atomic E-state index is -0.517. The topological polar surface area (TPSA) is 55.8 Å². The van der Waals surface area contributed by atoms with Gasteiger partial charge in [0.25, 0.3) is 0 Å². The van der Waals surface area contributed by atoms with Gasteiger partial charge in [-0.3, -0.25) is 4.79 Å². The molecule has 1 heterocycles. The first-order chi connectivity index (χ1) is 8.73. The summed E-state index contributed by atoms with van der Waals surface area (Å²) in [5.41, 5.74) is -0.517. The van der Waals surface area contributed by atoms with Crippen molar-refractivity contribution in [3.63, 3.8) is 0 Å². The maximum atomic E-state index is 12.0. The van der Waals surface area contributed by atoms with Crippen LogP contribution < -0.4 is 0 Å². The Morgan fingerprint density at radius 3 is 2.42 bits per heavy atom. The fourth-order valence-corrected chi connectivity index (χ4v) is 2.26. The molecule has 1 rings (SSSR count). The van der Waals surface area contributed by atoms with Crippen molar-refractivity contribution in [2.24, 2.45) is 11.8 Å². The van der Waals surface area contributed by atoms with Gasteiger partial charge in [-0.05, 0) is 40.0 Å². The first-order valence-corrected chi connectivity index (χ1v) is 6.87. The second kappa shape index (κ2) is 6.26. The maximum Gasteiger partial charge on any atom is 0.410 e. The lowest BCUT2D eigenvalue weighted by Gasteiger charge is -2.36. The van der Waals surface area contributed by atoms with Crippen molar-refractivity contribution >= 4 is 12.1 Å². The molecule has 0 aromatic heterocycles. The van der Waals surface area contributed by atoms with E-state index >= 15 is 0 Å². The van der Waals surface area contributed by atoms with Gasteiger partial charge >= 0.3 is 12.1 Å². The van der Waals surface area contributed by atoms with E-state index in [2.05, 4.69) is 0 Å². The minimum Gasteiger partial charge on any atom is -0.466 e. The van der Waals surface area contributed by atoms with Crippen molar-refractivity contribution < 1.29 is 19.1 Å². The largest absolute Gasteiger partial charge is 0.466 e. The van der Waals surface area contributed by atoms with Crippen LogP contribution >= 0.6 is 0 Å². The number of ether oxygens (including phenoxy) is 2. The first kappa shape index (κ1) is 15.8. The third-order valence-corrected chi connectivity index (χ3v) is 2.93. The number of piperidine rings is 1. The molecular formula is C14H25NO4. The van der Waals surface area contributed by atoms with Crippen molar-refractivity contribution in [2.45, 2.75) is 46.6 Å². The molecular weight excluding hydrogens is 246 g/mol. The van der Waals surface area contributed by atoms with E-state index in [0.717, 1.165) is 6.42 Å². The van der Waals surface area contributed by atoms with Crippen LogP contribution in [0.1, 0.15) is 41.0 Å². The van der Waals surface area contributed by atoms with Crippen molar-refractivity contribution in [1.29, 1.82) is 0 Å². The average molecular weight is 271 g/mol. The molecule has 1 amide bonds. The zero-order valence-electron chi connectivity index (χ0n) is 12.6. The minimum absolute atomic E-state index is 0.220. The summed E-state index contributed by atoms with van der Waals surface area (Å²) < 4.78 is 10.4. The van der Waals surface area contributed by atoms with Crippen LogP contribution in [0.5, 0.6) is 0 Å². The van der Waals surface area contributed by atoms with E-state index in [0.29, 0.717) is 19.7 Å². The molecule has 1 saturated heterocycles. The van der Waals surface area contributed by atoms with Crippen molar-refractivity contribution in [3.05, 3.63) is 0 Å². The number of likely N-dealkylation sites (tertiary alicyclic amines) is 1. The molecule has 110 valence electrons. The first-order valence-electron chi connectivity index (χ1n) is 6.87. The molecule has 1 aliphatic rings. The Labute approximate surface area is 115 Å². The summed E-state index contributed by atoms with van der Waals surface area (Å²) in [6.07, 6.45) is 0.409. The molecule has 2 unspecified atom stereocenters. The number of esters is 1. The summed E-state index contributed by atoms with van der Waals surface area (Å²) in [6.45, 7) is 10.7. The van der Waals surface area contributed by atoms with Crippen molar-refractivity contribution in [2.75, 3.05) is 19.7 Å². The van der Waals surface area contributed by atoms with Crippen LogP contribution in [0.3, 0.4) is 0 Å². The van der Waals surface area contributed by atoms with Gasteiger partial charge in [-0.15, -0.1) is 0 Å². The van der Waals surface area contributed by atoms with Gasteiger partial charge in [-0.2, -0.15) is 0 Å². The smallest absolute Gasteiger partial charge is 0.410 e. The fourth-order valence-electron chi connectivity index (χ4n) is 2.26. The maximum absolute atomic E-state index is 12.0. The number of nitrogens with zero attached hydrogens (tertiary/aromatic N) is 1. The number of amides is 1. The standard InChI is InChI=1S/C14H25NO4/c1-6-18-12(16)11-7-10(2)8-15(9-11)13(17)19-14(3,4)5/h10-11H,6-9H2,1-5H3. The lowest BCUT2D eigenvalue weighted by atomic mass is 9.91. The zero-order chi connectivity index (χ0) is 14.6. The van der Waals surface area contributed by atoms with E-state index in [9.17, 15) is 9.59 Å². The van der Waals surface area contributed by atoms with E-state index in [1.165, 1.54) is 0 Å². The molecule has 5 nitrogen and oxygen atoms in total. The van der Waals surface area contributed by atoms with Crippen LogP contribution in [0.15, 0.2) is 0 Å². The molecule has 0 N–H and O–H groups in total. The summed E-state index contributed by atoms with van der Waals surface area (Å²) in [6, 6.07) is 0. The van der Waals surface area contributed by atoms with Crippen LogP contribution in [-0.2, 0) is 14.3 Å². The predicted octanol–water partition coefficient (Wildman–Crippen LogP) is 2.44. The Kier molecular flexibility index (Phi) is 5.20. The van der Waals surface area contributed by atoms with Crippen LogP contribution in [0.4, 0.5) is 4.79 Å². The van der Waals surface area contributed by atoms with Crippen LogP contribution in [0.25, 0.3) is 0 Å². The third-order valence-electron chi connectivity index (χ3n) is 2.93. The molecule has 0 radical (unpaired) electrons. The Morgan fingerprint density at radius 2 is 1.89 bits per heavy atom. The summed E-state index contributed by atoms with van der Waals surface area (Å²) in [5, 5.41) is 0. The Morgan fingerprint density at radius 1 is 1.26 bits per heavy atom. The summed E-state index contributed by atoms with van der Waals surface area (Å²) in [4.78, 5) is 25.4. The Balaban J connectivity index is 2.64. The molecule has 1 aliphatic heterocycles. The molecule has 0 aliphatic carbocycles. The fraction of sp³-hybridized carbons (Fsp3) is 0.857. The van der Waals surface area contributed by atoms with Gasteiger partial charge in [-0.1, -0.05) is 6.92 Å². The van der Waals surface area contributed by atoms with Gasteiger partial charge in [0.15, 0.2) is 0 Å². The van der Waals surface area contributed by atoms with Gasteiger partial charge in [0.05, 0.1) is 12.5 Å². The average Bonchev–Trinajstić information content (AvgIpc) is 2.26. The highest BCUT2D eigenvalue weighted by Crippen LogP contribution is 2.24. The zero-order valence-corrected chi connectivity index (χ0v) is 12.6. The lowest BCUT2D eigenvalue weighted by Crippen LogP contribution is -2.47. The quantitative estimate of drug-likeness (QED) is 0.724. The molecule has 0 bridgehead atoms. The molecule has 0 saturated carbocycles. The van der Waals surface area contributed by atoms with Crippen molar-refractivity contribution in [3.8, 4) is 0 Å². The van der Waals surface area contributed by atoms with E-state index in [1.54, 1.807) is 11.8 Å². The molecule has 19 heavy (non-hydrogen) atoms. The lowest BCUT2D eigenvalue weighted by molar-refractivity contribution is -0.150. The highest BCUT2D eigenvalue weighted by Gasteiger charge is 2.34. The SMILES string of the molecule is CCOC(=O)C1CC(C)CN(C(=O)OC(C)(C)C)C1. The Hall–Kier alpha value is -1.26. The van der Waals surface area contributed by atoms with E-state index in [1.807, 2.05) is 27.7 Å². The van der Waals surface area contributed by atoms with E-state index < -0.39 is 5.60 Å². The molecule has 1 fully saturated rings. The number of rotatable bonds is 2. The van der Waals surface area contributed by atoms with E-state index in [-0.39, 0.29) is 23.9 Å². The predicted molar refractivity (Wildman–Crippen MR) is 71.7 cm³/mol. The number of hydrogen-bond acceptors (Lipinski definition) is 4. The van der Waals surface area contributed by atoms with Crippen LogP contribution in [0, 0.1) is 11.8 Å². The highest BCUT2D eigenvalue weighted by molar-refractivity contribution is 5.75. The van der Waals surface area contributed by atoms with Gasteiger partial charge in [0, 0.05) is 13.1 Å². The Bertz CT molecular complexity index is 335. The van der Waals surface area contributed by atoms with E-state index in [4.69, 9.17) is 9.47 Å². The summed E-state index contributed by atoms with van der Waals surface area (Å²) in [5.74, 6) is -0.186. The second-order valence-electron chi connectivity index (χ2n) is 6.18. The summed E-state index contributed by atoms with van der Waals surface area (Å²) in [7, 11) is 0. The molecule has 2 atom stereocenters.